The Hall–Kier alpha value is -6.32. The highest BCUT2D eigenvalue weighted by Gasteiger charge is 2.31. The molecule has 0 saturated heterocycles. The van der Waals surface area contributed by atoms with Crippen molar-refractivity contribution in [1.29, 1.82) is 0 Å². The van der Waals surface area contributed by atoms with Crippen LogP contribution in [0.15, 0.2) is 186 Å². The number of hydrogen-bond acceptors (Lipinski definition) is 6. The summed E-state index contributed by atoms with van der Waals surface area (Å²) in [5, 5.41) is 4.34. The molecule has 0 atom stereocenters. The molecule has 0 fully saturated rings. The summed E-state index contributed by atoms with van der Waals surface area (Å²) in [5.74, 6) is -0.0744. The summed E-state index contributed by atoms with van der Waals surface area (Å²) in [6, 6.07) is 53.5. The summed E-state index contributed by atoms with van der Waals surface area (Å²) < 4.78 is 75.1. The van der Waals surface area contributed by atoms with E-state index in [-0.39, 0.29) is 32.2 Å². The van der Waals surface area contributed by atoms with E-state index in [1.54, 1.807) is 36.4 Å². The highest BCUT2D eigenvalue weighted by Crippen LogP contribution is 2.46. The Balaban J connectivity index is 1.40. The van der Waals surface area contributed by atoms with Crippen LogP contribution in [-0.4, -0.2) is 21.4 Å². The van der Waals surface area contributed by atoms with Crippen LogP contribution in [0.4, 0.5) is 0 Å². The van der Waals surface area contributed by atoms with Gasteiger partial charge in [-0.25, -0.2) is 8.42 Å². The molecule has 0 bridgehead atoms. The van der Waals surface area contributed by atoms with Gasteiger partial charge in [0.15, 0.2) is 5.75 Å². The fraction of sp³-hybridized carbons (Fsp3) is 0. The molecule has 9 aromatic carbocycles. The van der Waals surface area contributed by atoms with Crippen molar-refractivity contribution in [3.05, 3.63) is 176 Å². The zero-order valence-corrected chi connectivity index (χ0v) is 30.1. The lowest BCUT2D eigenvalue weighted by molar-refractivity contribution is 0.465. The maximum absolute atomic E-state index is 15.4. The van der Waals surface area contributed by atoms with Crippen LogP contribution in [0.2, 0.25) is 0 Å². The summed E-state index contributed by atoms with van der Waals surface area (Å²) in [4.78, 5) is -0.484. The first kappa shape index (κ1) is 33.5. The third-order valence-corrected chi connectivity index (χ3v) is 12.1. The highest BCUT2D eigenvalue weighted by molar-refractivity contribution is 7.87. The van der Waals surface area contributed by atoms with E-state index in [1.165, 1.54) is 12.1 Å². The molecule has 0 amide bonds. The van der Waals surface area contributed by atoms with Crippen molar-refractivity contribution in [1.82, 2.24) is 0 Å². The molecule has 0 N–H and O–H groups in total. The molecule has 0 unspecified atom stereocenters. The van der Waals surface area contributed by atoms with Gasteiger partial charge in [-0.2, -0.15) is 8.42 Å². The zero-order valence-electron chi connectivity index (χ0n) is 28.5. The van der Waals surface area contributed by atoms with Gasteiger partial charge >= 0.3 is 10.1 Å². The van der Waals surface area contributed by atoms with Crippen LogP contribution >= 0.6 is 0 Å². The molecule has 8 heteroatoms. The summed E-state index contributed by atoms with van der Waals surface area (Å²) in [6.07, 6.45) is 0. The van der Waals surface area contributed by atoms with Gasteiger partial charge in [-0.05, 0) is 55.9 Å². The molecule has 0 aliphatic heterocycles. The third-order valence-electron chi connectivity index (χ3n) is 9.88. The van der Waals surface area contributed by atoms with Crippen molar-refractivity contribution in [2.24, 2.45) is 0 Å². The van der Waals surface area contributed by atoms with Gasteiger partial charge in [-0.1, -0.05) is 164 Å². The topological polar surface area (TPSA) is 101 Å². The Morgan fingerprint density at radius 1 is 0.370 bits per heavy atom. The molecule has 0 heterocycles. The fourth-order valence-corrected chi connectivity index (χ4v) is 9.84. The Morgan fingerprint density at radius 2 is 0.815 bits per heavy atom. The van der Waals surface area contributed by atoms with Gasteiger partial charge < -0.3 is 8.74 Å². The van der Waals surface area contributed by atoms with Crippen LogP contribution in [0.1, 0.15) is 0 Å². The predicted octanol–water partition coefficient (Wildman–Crippen LogP) is 11.0. The minimum Gasteiger partial charge on any atom is -0.744 e. The monoisotopic (exact) mass is 741 g/mol. The van der Waals surface area contributed by atoms with E-state index in [2.05, 4.69) is 6.07 Å². The van der Waals surface area contributed by atoms with Gasteiger partial charge in [0.2, 0.25) is 0 Å². The maximum Gasteiger partial charge on any atom is 0.340 e. The van der Waals surface area contributed by atoms with Crippen molar-refractivity contribution in [2.75, 3.05) is 0 Å². The molecule has 262 valence electrons. The molecule has 0 radical (unpaired) electrons. The van der Waals surface area contributed by atoms with E-state index in [4.69, 9.17) is 4.18 Å². The van der Waals surface area contributed by atoms with Crippen LogP contribution < -0.4 is 4.18 Å². The lowest BCUT2D eigenvalue weighted by Crippen LogP contribution is -2.14. The van der Waals surface area contributed by atoms with E-state index in [1.807, 2.05) is 121 Å². The smallest absolute Gasteiger partial charge is 0.340 e. The Bertz CT molecular complexity index is 3110. The van der Waals surface area contributed by atoms with Gasteiger partial charge in [0, 0.05) is 32.7 Å². The molecule has 54 heavy (non-hydrogen) atoms. The van der Waals surface area contributed by atoms with Crippen LogP contribution in [-0.2, 0) is 20.2 Å². The van der Waals surface area contributed by atoms with Crippen LogP contribution in [0.3, 0.4) is 0 Å². The van der Waals surface area contributed by atoms with Crippen molar-refractivity contribution >= 4 is 63.3 Å². The van der Waals surface area contributed by atoms with E-state index >= 15 is 8.42 Å². The van der Waals surface area contributed by atoms with Crippen LogP contribution in [0.25, 0.3) is 76.5 Å². The maximum atomic E-state index is 15.4. The highest BCUT2D eigenvalue weighted by atomic mass is 32.2. The number of benzene rings is 9. The lowest BCUT2D eigenvalue weighted by Gasteiger charge is -2.22. The zero-order chi connectivity index (χ0) is 37.0. The number of hydrogen-bond donors (Lipinski definition) is 0. The van der Waals surface area contributed by atoms with Crippen molar-refractivity contribution in [3.63, 3.8) is 0 Å². The van der Waals surface area contributed by atoms with E-state index in [0.717, 1.165) is 32.7 Å². The number of rotatable bonds is 7. The van der Waals surface area contributed by atoms with E-state index in [9.17, 15) is 13.0 Å². The second kappa shape index (κ2) is 13.0. The Morgan fingerprint density at radius 3 is 1.39 bits per heavy atom. The minimum absolute atomic E-state index is 0.0530. The molecule has 9 rings (SSSR count). The van der Waals surface area contributed by atoms with E-state index in [0.29, 0.717) is 22.3 Å². The fourth-order valence-electron chi connectivity index (χ4n) is 7.58. The third kappa shape index (κ3) is 5.68. The first-order valence-corrected chi connectivity index (χ1v) is 20.0. The lowest BCUT2D eigenvalue weighted by atomic mass is 9.89. The Labute approximate surface area is 312 Å². The second-order valence-electron chi connectivity index (χ2n) is 13.1. The van der Waals surface area contributed by atoms with Gasteiger partial charge in [-0.15, -0.1) is 0 Å². The average molecular weight is 742 g/mol. The minimum atomic E-state index is -4.98. The van der Waals surface area contributed by atoms with Crippen LogP contribution in [0, 0.1) is 0 Å². The first-order valence-electron chi connectivity index (χ1n) is 17.2. The van der Waals surface area contributed by atoms with Crippen molar-refractivity contribution in [2.45, 2.75) is 9.79 Å². The molecule has 6 nitrogen and oxygen atoms in total. The summed E-state index contributed by atoms with van der Waals surface area (Å²) in [5.41, 5.74) is 3.96. The van der Waals surface area contributed by atoms with E-state index < -0.39 is 25.1 Å². The molecule has 0 aliphatic rings. The molecule has 0 saturated carbocycles. The molecule has 9 aromatic rings. The largest absolute Gasteiger partial charge is 0.744 e. The summed E-state index contributed by atoms with van der Waals surface area (Å²) in [7, 11) is -9.72. The van der Waals surface area contributed by atoms with Gasteiger partial charge in [0.1, 0.15) is 15.0 Å². The Kier molecular flexibility index (Phi) is 8.05. The molecule has 0 aliphatic carbocycles. The predicted molar refractivity (Wildman–Crippen MR) is 215 cm³/mol. The molecular weight excluding hydrogens is 713 g/mol. The second-order valence-corrected chi connectivity index (χ2v) is 15.9. The molecule has 0 spiro atoms. The summed E-state index contributed by atoms with van der Waals surface area (Å²) in [6.45, 7) is 0. The quantitative estimate of drug-likeness (QED) is 0.0916. The average Bonchev–Trinajstić information content (AvgIpc) is 3.19. The van der Waals surface area contributed by atoms with Gasteiger partial charge in [0.05, 0.1) is 4.90 Å². The molecular formula is C46H29O6S2-. The summed E-state index contributed by atoms with van der Waals surface area (Å²) >= 11 is 0. The van der Waals surface area contributed by atoms with Crippen LogP contribution in [0.5, 0.6) is 5.75 Å². The van der Waals surface area contributed by atoms with Crippen molar-refractivity contribution in [3.8, 4) is 39.1 Å². The molecule has 0 aromatic heterocycles. The van der Waals surface area contributed by atoms with Crippen molar-refractivity contribution < 1.29 is 25.6 Å². The van der Waals surface area contributed by atoms with Gasteiger partial charge in [-0.3, -0.25) is 0 Å². The first-order chi connectivity index (χ1) is 26.2. The standard InChI is InChI=1S/C46H30O6S2/c47-53(48,49)45-40-24-10-8-22-38(40)44(39-23-9-11-25-41(39)45)52-54(50,51)46-42(32-14-2-1-3-15-32)28-33(36-26-12-18-30-16-4-6-20-34(30)36)29-43(46)37-27-13-19-31-17-5-7-21-35(31)37/h1-29H,(H,47,48,49)/p-1. The normalized spacial score (nSPS) is 12.1. The number of fused-ring (bicyclic) bond motifs is 4. The SMILES string of the molecule is O=S(=O)([O-])c1c2ccccc2c(OS(=O)(=O)c2c(-c3ccccc3)cc(-c3cccc4ccccc34)cc2-c2cccc3ccccc23)c2ccccc12. The van der Waals surface area contributed by atoms with Gasteiger partial charge in [0.25, 0.3) is 0 Å².